The van der Waals surface area contributed by atoms with Crippen molar-refractivity contribution in [3.05, 3.63) is 29.6 Å². The lowest BCUT2D eigenvalue weighted by molar-refractivity contribution is -0.274. The van der Waals surface area contributed by atoms with Gasteiger partial charge in [-0.15, -0.1) is 25.6 Å². The molecule has 1 aromatic rings. The van der Waals surface area contributed by atoms with E-state index in [9.17, 15) is 22.4 Å². The normalized spacial score (nSPS) is 20.5. The standard InChI is InChI=1S/C13H13F4NO3.ClH/c1-12(2)6-20-11(19)18-10(12)8-5-7(3-4-9(8)14)21-13(15,16)17;/h3-5,10H,6H2,1-2H3,(H,18,19);1H/t10-;/m0./s1. The predicted octanol–water partition coefficient (Wildman–Crippen LogP) is 3.95. The molecule has 9 heteroatoms. The SMILES string of the molecule is CC1(C)COC(=O)N[C@H]1c1cc(OC(F)(F)F)ccc1F.Cl. The minimum absolute atomic E-state index is 0. The molecule has 1 fully saturated rings. The maximum Gasteiger partial charge on any atom is 0.573 e. The summed E-state index contributed by atoms with van der Waals surface area (Å²) in [5.41, 5.74) is -0.774. The summed E-state index contributed by atoms with van der Waals surface area (Å²) in [6.45, 7) is 3.43. The van der Waals surface area contributed by atoms with Gasteiger partial charge in [0, 0.05) is 11.0 Å². The largest absolute Gasteiger partial charge is 0.573 e. The van der Waals surface area contributed by atoms with E-state index in [1.54, 1.807) is 13.8 Å². The topological polar surface area (TPSA) is 47.6 Å². The Balaban J connectivity index is 0.00000242. The lowest BCUT2D eigenvalue weighted by atomic mass is 9.80. The van der Waals surface area contributed by atoms with E-state index in [4.69, 9.17) is 4.74 Å². The number of cyclic esters (lactones) is 1. The van der Waals surface area contributed by atoms with Crippen LogP contribution in [0.5, 0.6) is 5.75 Å². The highest BCUT2D eigenvalue weighted by molar-refractivity contribution is 5.85. The third-order valence-corrected chi connectivity index (χ3v) is 3.13. The highest BCUT2D eigenvalue weighted by Crippen LogP contribution is 2.39. The van der Waals surface area contributed by atoms with Gasteiger partial charge in [0.1, 0.15) is 18.2 Å². The van der Waals surface area contributed by atoms with E-state index in [2.05, 4.69) is 10.1 Å². The van der Waals surface area contributed by atoms with Crippen LogP contribution in [0.1, 0.15) is 25.5 Å². The predicted molar refractivity (Wildman–Crippen MR) is 71.3 cm³/mol. The van der Waals surface area contributed by atoms with Crippen molar-refractivity contribution < 1.29 is 31.8 Å². The molecule has 1 N–H and O–H groups in total. The van der Waals surface area contributed by atoms with Gasteiger partial charge in [0.2, 0.25) is 0 Å². The van der Waals surface area contributed by atoms with Crippen LogP contribution in [0.15, 0.2) is 18.2 Å². The summed E-state index contributed by atoms with van der Waals surface area (Å²) >= 11 is 0. The molecule has 0 bridgehead atoms. The molecule has 0 spiro atoms. The number of rotatable bonds is 2. The third-order valence-electron chi connectivity index (χ3n) is 3.13. The number of carbonyl (C=O) groups is 1. The van der Waals surface area contributed by atoms with E-state index in [1.807, 2.05) is 0 Å². The minimum Gasteiger partial charge on any atom is -0.449 e. The van der Waals surface area contributed by atoms with Gasteiger partial charge in [0.05, 0.1) is 6.04 Å². The van der Waals surface area contributed by atoms with Gasteiger partial charge < -0.3 is 14.8 Å². The van der Waals surface area contributed by atoms with E-state index in [0.717, 1.165) is 18.2 Å². The van der Waals surface area contributed by atoms with E-state index < -0.39 is 35.5 Å². The van der Waals surface area contributed by atoms with Gasteiger partial charge in [-0.2, -0.15) is 0 Å². The average Bonchev–Trinajstić information content (AvgIpc) is 2.33. The Hall–Kier alpha value is -1.70. The first-order chi connectivity index (χ1) is 9.58. The van der Waals surface area contributed by atoms with Crippen molar-refractivity contribution in [2.24, 2.45) is 5.41 Å². The maximum absolute atomic E-state index is 13.9. The van der Waals surface area contributed by atoms with Crippen molar-refractivity contribution in [3.8, 4) is 5.75 Å². The van der Waals surface area contributed by atoms with Crippen LogP contribution in [0.3, 0.4) is 0 Å². The molecule has 0 saturated carbocycles. The molecule has 2 rings (SSSR count). The van der Waals surface area contributed by atoms with Crippen molar-refractivity contribution in [2.45, 2.75) is 26.3 Å². The molecule has 1 aliphatic heterocycles. The zero-order chi connectivity index (χ0) is 15.8. The van der Waals surface area contributed by atoms with Crippen molar-refractivity contribution >= 4 is 18.5 Å². The van der Waals surface area contributed by atoms with Gasteiger partial charge in [0.15, 0.2) is 0 Å². The molecule has 1 saturated heterocycles. The van der Waals surface area contributed by atoms with Crippen molar-refractivity contribution in [1.29, 1.82) is 0 Å². The molecule has 0 radical (unpaired) electrons. The Morgan fingerprint density at radius 2 is 2.00 bits per heavy atom. The number of alkyl carbamates (subject to hydrolysis) is 1. The first-order valence-electron chi connectivity index (χ1n) is 6.07. The van der Waals surface area contributed by atoms with Gasteiger partial charge in [0.25, 0.3) is 0 Å². The van der Waals surface area contributed by atoms with Gasteiger partial charge in [-0.25, -0.2) is 9.18 Å². The molecule has 0 aromatic heterocycles. The number of halogens is 5. The first-order valence-corrected chi connectivity index (χ1v) is 6.07. The quantitative estimate of drug-likeness (QED) is 0.827. The Kier molecular flexibility index (Phi) is 5.17. The van der Waals surface area contributed by atoms with E-state index in [0.29, 0.717) is 0 Å². The smallest absolute Gasteiger partial charge is 0.449 e. The summed E-state index contributed by atoms with van der Waals surface area (Å²) in [6, 6.07) is 1.85. The molecule has 124 valence electrons. The molecule has 1 amide bonds. The second-order valence-corrected chi connectivity index (χ2v) is 5.37. The van der Waals surface area contributed by atoms with Crippen LogP contribution >= 0.6 is 12.4 Å². The summed E-state index contributed by atoms with van der Waals surface area (Å²) < 4.78 is 59.2. The van der Waals surface area contributed by atoms with Crippen LogP contribution in [0.4, 0.5) is 22.4 Å². The molecular formula is C13H14ClF4NO3. The summed E-state index contributed by atoms with van der Waals surface area (Å²) in [7, 11) is 0. The lowest BCUT2D eigenvalue weighted by Crippen LogP contribution is -2.47. The second-order valence-electron chi connectivity index (χ2n) is 5.37. The number of benzene rings is 1. The number of alkyl halides is 3. The van der Waals surface area contributed by atoms with Crippen LogP contribution in [0.2, 0.25) is 0 Å². The number of ether oxygens (including phenoxy) is 2. The van der Waals surface area contributed by atoms with Gasteiger partial charge in [-0.05, 0) is 18.2 Å². The molecule has 0 unspecified atom stereocenters. The van der Waals surface area contributed by atoms with E-state index in [-0.39, 0.29) is 24.6 Å². The van der Waals surface area contributed by atoms with Gasteiger partial charge >= 0.3 is 12.5 Å². The number of amides is 1. The van der Waals surface area contributed by atoms with Crippen LogP contribution in [0.25, 0.3) is 0 Å². The van der Waals surface area contributed by atoms with E-state index in [1.165, 1.54) is 0 Å². The third kappa shape index (κ3) is 4.16. The Morgan fingerprint density at radius 3 is 2.59 bits per heavy atom. The first kappa shape index (κ1) is 18.3. The molecule has 1 heterocycles. The van der Waals surface area contributed by atoms with Crippen LogP contribution in [-0.2, 0) is 4.74 Å². The zero-order valence-electron chi connectivity index (χ0n) is 11.7. The highest BCUT2D eigenvalue weighted by Gasteiger charge is 2.40. The molecule has 22 heavy (non-hydrogen) atoms. The van der Waals surface area contributed by atoms with Crippen molar-refractivity contribution in [2.75, 3.05) is 6.61 Å². The number of hydrogen-bond acceptors (Lipinski definition) is 3. The summed E-state index contributed by atoms with van der Waals surface area (Å²) in [4.78, 5) is 11.3. The summed E-state index contributed by atoms with van der Waals surface area (Å²) in [5.74, 6) is -1.28. The Bertz CT molecular complexity index is 563. The fourth-order valence-electron chi connectivity index (χ4n) is 2.13. The molecule has 0 aliphatic carbocycles. The molecule has 1 atom stereocenters. The average molecular weight is 344 g/mol. The van der Waals surface area contributed by atoms with Crippen molar-refractivity contribution in [1.82, 2.24) is 5.32 Å². The van der Waals surface area contributed by atoms with Crippen LogP contribution < -0.4 is 10.1 Å². The number of nitrogens with one attached hydrogen (secondary N) is 1. The highest BCUT2D eigenvalue weighted by atomic mass is 35.5. The monoisotopic (exact) mass is 343 g/mol. The van der Waals surface area contributed by atoms with Crippen molar-refractivity contribution in [3.63, 3.8) is 0 Å². The molecule has 4 nitrogen and oxygen atoms in total. The molecule has 1 aliphatic rings. The number of hydrogen-bond donors (Lipinski definition) is 1. The zero-order valence-corrected chi connectivity index (χ0v) is 12.5. The maximum atomic E-state index is 13.9. The summed E-state index contributed by atoms with van der Waals surface area (Å²) in [5, 5.41) is 2.42. The fraction of sp³-hybridized carbons (Fsp3) is 0.462. The van der Waals surface area contributed by atoms with Gasteiger partial charge in [-0.1, -0.05) is 13.8 Å². The van der Waals surface area contributed by atoms with Crippen LogP contribution in [0, 0.1) is 11.2 Å². The van der Waals surface area contributed by atoms with Crippen LogP contribution in [-0.4, -0.2) is 19.1 Å². The van der Waals surface area contributed by atoms with E-state index >= 15 is 0 Å². The lowest BCUT2D eigenvalue weighted by Gasteiger charge is -2.38. The second kappa shape index (κ2) is 6.20. The molecular weight excluding hydrogens is 330 g/mol. The Morgan fingerprint density at radius 1 is 1.36 bits per heavy atom. The molecule has 1 aromatic carbocycles. The minimum atomic E-state index is -4.87. The Labute approximate surface area is 130 Å². The summed E-state index contributed by atoms with van der Waals surface area (Å²) in [6.07, 6.45) is -5.62. The number of carbonyl (C=O) groups excluding carboxylic acids is 1. The fourth-order valence-corrected chi connectivity index (χ4v) is 2.13. The van der Waals surface area contributed by atoms with Gasteiger partial charge in [-0.3, -0.25) is 0 Å².